The molecule has 0 spiro atoms. The summed E-state index contributed by atoms with van der Waals surface area (Å²) in [5.41, 5.74) is 0.443. The second kappa shape index (κ2) is 10.9. The second-order valence-electron chi connectivity index (χ2n) is 11.4. The number of carbonyl (C=O) groups excluding carboxylic acids is 1. The molecule has 2 unspecified atom stereocenters. The number of aromatic nitrogens is 2. The summed E-state index contributed by atoms with van der Waals surface area (Å²) < 4.78 is 36.4. The van der Waals surface area contributed by atoms with E-state index in [0.717, 1.165) is 12.8 Å². The molecule has 2 bridgehead atoms. The molecular weight excluding hydrogens is 524 g/mol. The number of anilines is 1. The van der Waals surface area contributed by atoms with Gasteiger partial charge in [-0.2, -0.15) is 0 Å². The minimum Gasteiger partial charge on any atom is -0.444 e. The zero-order valence-electron chi connectivity index (χ0n) is 23.9. The van der Waals surface area contributed by atoms with Gasteiger partial charge in [-0.25, -0.2) is 23.5 Å². The number of amides is 1. The summed E-state index contributed by atoms with van der Waals surface area (Å²) in [5.74, 6) is 2.18. The Morgan fingerprint density at radius 2 is 1.88 bits per heavy atom. The zero-order chi connectivity index (χ0) is 29.5. The molecule has 3 aromatic rings. The minimum absolute atomic E-state index is 0.0538. The highest BCUT2D eigenvalue weighted by Gasteiger charge is 2.45. The van der Waals surface area contributed by atoms with Gasteiger partial charge in [-0.3, -0.25) is 9.89 Å². The van der Waals surface area contributed by atoms with Crippen molar-refractivity contribution in [2.45, 2.75) is 58.2 Å². The van der Waals surface area contributed by atoms with Crippen LogP contribution in [0.15, 0.2) is 35.3 Å². The van der Waals surface area contributed by atoms with Gasteiger partial charge < -0.3 is 9.64 Å². The number of terminal acetylenes is 1. The Bertz CT molecular complexity index is 1610. The SMILES string of the molecule is C#Cc1c(F)ccc2cccc(/C=C(\F)c3nc(C)nc(N4CC5CCC(C4)N5C(=O)OC(C)(C)C)c3C=NC)c12. The molecule has 9 heteroatoms. The van der Waals surface area contributed by atoms with Crippen molar-refractivity contribution < 1.29 is 18.3 Å². The van der Waals surface area contributed by atoms with Crippen molar-refractivity contribution in [3.8, 4) is 12.3 Å². The fourth-order valence-electron chi connectivity index (χ4n) is 5.77. The average Bonchev–Trinajstić information content (AvgIpc) is 3.18. The molecule has 2 atom stereocenters. The highest BCUT2D eigenvalue weighted by molar-refractivity contribution is 6.00. The van der Waals surface area contributed by atoms with Gasteiger partial charge in [0.1, 0.15) is 34.6 Å². The van der Waals surface area contributed by atoms with Crippen LogP contribution in [0.1, 0.15) is 61.8 Å². The average molecular weight is 558 g/mol. The lowest BCUT2D eigenvalue weighted by atomic mass is 9.98. The third-order valence-corrected chi connectivity index (χ3v) is 7.36. The van der Waals surface area contributed by atoms with Crippen molar-refractivity contribution in [3.63, 3.8) is 0 Å². The van der Waals surface area contributed by atoms with Gasteiger partial charge in [0.25, 0.3) is 0 Å². The highest BCUT2D eigenvalue weighted by Crippen LogP contribution is 2.36. The summed E-state index contributed by atoms with van der Waals surface area (Å²) in [4.78, 5) is 30.2. The van der Waals surface area contributed by atoms with Crippen LogP contribution in [0.4, 0.5) is 19.4 Å². The number of ether oxygens (including phenoxy) is 1. The van der Waals surface area contributed by atoms with Crippen molar-refractivity contribution >= 4 is 40.8 Å². The van der Waals surface area contributed by atoms with E-state index in [9.17, 15) is 9.18 Å². The number of hydrogen-bond acceptors (Lipinski definition) is 6. The summed E-state index contributed by atoms with van der Waals surface area (Å²) in [5, 5.41) is 1.16. The van der Waals surface area contributed by atoms with Gasteiger partial charge in [-0.15, -0.1) is 6.42 Å². The fraction of sp³-hybridized carbons (Fsp3) is 0.375. The van der Waals surface area contributed by atoms with E-state index < -0.39 is 17.2 Å². The molecule has 5 rings (SSSR count). The van der Waals surface area contributed by atoms with Crippen LogP contribution in [0.3, 0.4) is 0 Å². The maximum Gasteiger partial charge on any atom is 0.410 e. The Balaban J connectivity index is 1.55. The molecule has 2 aliphatic heterocycles. The van der Waals surface area contributed by atoms with Gasteiger partial charge in [0.05, 0.1) is 23.2 Å². The van der Waals surface area contributed by atoms with Gasteiger partial charge in [0, 0.05) is 31.7 Å². The van der Waals surface area contributed by atoms with Gasteiger partial charge in [-0.1, -0.05) is 30.2 Å². The normalized spacial score (nSPS) is 19.2. The van der Waals surface area contributed by atoms with Crippen LogP contribution in [0.2, 0.25) is 0 Å². The van der Waals surface area contributed by atoms with E-state index in [-0.39, 0.29) is 29.4 Å². The van der Waals surface area contributed by atoms with Crippen LogP contribution >= 0.6 is 0 Å². The lowest BCUT2D eigenvalue weighted by molar-refractivity contribution is 0.0122. The largest absolute Gasteiger partial charge is 0.444 e. The zero-order valence-corrected chi connectivity index (χ0v) is 23.9. The summed E-state index contributed by atoms with van der Waals surface area (Å²) in [6.07, 6.45) is 9.87. The van der Waals surface area contributed by atoms with Gasteiger partial charge in [-0.05, 0) is 63.6 Å². The first-order valence-corrected chi connectivity index (χ1v) is 13.6. The molecule has 7 nitrogen and oxygen atoms in total. The highest BCUT2D eigenvalue weighted by atomic mass is 19.1. The molecule has 2 fully saturated rings. The lowest BCUT2D eigenvalue weighted by Gasteiger charge is -2.42. The van der Waals surface area contributed by atoms with Gasteiger partial charge in [0.15, 0.2) is 0 Å². The number of hydrogen-bond donors (Lipinski definition) is 0. The first-order valence-electron chi connectivity index (χ1n) is 13.6. The number of carbonyl (C=O) groups is 1. The summed E-state index contributed by atoms with van der Waals surface area (Å²) in [6.45, 7) is 8.33. The molecular formula is C32H33F2N5O2. The third kappa shape index (κ3) is 5.51. The molecule has 3 heterocycles. The lowest BCUT2D eigenvalue weighted by Crippen LogP contribution is -2.57. The molecule has 1 aromatic heterocycles. The van der Waals surface area contributed by atoms with Crippen LogP contribution < -0.4 is 4.90 Å². The Labute approximate surface area is 238 Å². The Kier molecular flexibility index (Phi) is 7.52. The van der Waals surface area contributed by atoms with E-state index >= 15 is 4.39 Å². The predicted octanol–water partition coefficient (Wildman–Crippen LogP) is 6.16. The number of aliphatic imine (C=N–C) groups is 1. The number of benzene rings is 2. The van der Waals surface area contributed by atoms with Crippen molar-refractivity contribution in [3.05, 3.63) is 64.4 Å². The van der Waals surface area contributed by atoms with Crippen molar-refractivity contribution in [1.82, 2.24) is 14.9 Å². The quantitative estimate of drug-likeness (QED) is 0.284. The number of aryl methyl sites for hydroxylation is 1. The van der Waals surface area contributed by atoms with Crippen molar-refractivity contribution in [1.29, 1.82) is 0 Å². The Morgan fingerprint density at radius 3 is 2.51 bits per heavy atom. The molecule has 2 aromatic carbocycles. The van der Waals surface area contributed by atoms with Crippen LogP contribution in [-0.2, 0) is 4.74 Å². The van der Waals surface area contributed by atoms with E-state index in [1.165, 1.54) is 12.1 Å². The topological polar surface area (TPSA) is 70.9 Å². The second-order valence-corrected chi connectivity index (χ2v) is 11.4. The third-order valence-electron chi connectivity index (χ3n) is 7.36. The van der Waals surface area contributed by atoms with Crippen molar-refractivity contribution in [2.24, 2.45) is 4.99 Å². The van der Waals surface area contributed by atoms with Gasteiger partial charge in [0.2, 0.25) is 0 Å². The number of halogens is 2. The van der Waals surface area contributed by atoms with E-state index in [1.807, 2.05) is 25.7 Å². The maximum absolute atomic E-state index is 16.2. The predicted molar refractivity (Wildman–Crippen MR) is 158 cm³/mol. The number of fused-ring (bicyclic) bond motifs is 3. The van der Waals surface area contributed by atoms with E-state index in [4.69, 9.17) is 16.1 Å². The maximum atomic E-state index is 16.2. The molecule has 0 N–H and O–H groups in total. The molecule has 2 aliphatic rings. The van der Waals surface area contributed by atoms with Gasteiger partial charge >= 0.3 is 6.09 Å². The first-order chi connectivity index (χ1) is 19.5. The smallest absolute Gasteiger partial charge is 0.410 e. The summed E-state index contributed by atoms with van der Waals surface area (Å²) in [7, 11) is 1.60. The first kappa shape index (κ1) is 28.2. The van der Waals surface area contributed by atoms with Crippen LogP contribution in [0.5, 0.6) is 0 Å². The number of nitrogens with zero attached hydrogens (tertiary/aromatic N) is 5. The number of piperazine rings is 1. The molecule has 0 radical (unpaired) electrons. The van der Waals surface area contributed by atoms with Crippen LogP contribution in [0, 0.1) is 25.1 Å². The Hall–Kier alpha value is -4.32. The summed E-state index contributed by atoms with van der Waals surface area (Å²) in [6, 6.07) is 8.09. The van der Waals surface area contributed by atoms with E-state index in [0.29, 0.717) is 46.6 Å². The molecule has 0 saturated carbocycles. The monoisotopic (exact) mass is 557 g/mol. The van der Waals surface area contributed by atoms with Crippen molar-refractivity contribution in [2.75, 3.05) is 25.0 Å². The van der Waals surface area contributed by atoms with Crippen LogP contribution in [0.25, 0.3) is 22.7 Å². The molecule has 0 aliphatic carbocycles. The molecule has 1 amide bonds. The van der Waals surface area contributed by atoms with E-state index in [1.54, 1.807) is 44.5 Å². The Morgan fingerprint density at radius 1 is 1.17 bits per heavy atom. The standard InChI is InChI=1S/C32H33F2N5O2/c1-7-24-26(33)14-11-20-9-8-10-21(28(20)24)15-27(34)29-25(16-35-6)30(37-19(2)36-29)38-17-22-12-13-23(18-38)39(22)31(40)41-32(3,4)5/h1,8-11,14-16,22-23H,12-13,17-18H2,2-6H3/b27-15-,35-16?. The molecule has 41 heavy (non-hydrogen) atoms. The summed E-state index contributed by atoms with van der Waals surface area (Å²) >= 11 is 0. The fourth-order valence-corrected chi connectivity index (χ4v) is 5.77. The van der Waals surface area contributed by atoms with E-state index in [2.05, 4.69) is 20.8 Å². The number of rotatable bonds is 4. The molecule has 212 valence electrons. The molecule has 2 saturated heterocycles. The van der Waals surface area contributed by atoms with Crippen LogP contribution in [-0.4, -0.2) is 65.0 Å². The minimum atomic E-state index is -0.623.